The Kier molecular flexibility index (Phi) is 7.29. The zero-order chi connectivity index (χ0) is 18.1. The Labute approximate surface area is 152 Å². The van der Waals surface area contributed by atoms with Gasteiger partial charge in [-0.3, -0.25) is 9.59 Å². The van der Waals surface area contributed by atoms with Crippen LogP contribution in [0.25, 0.3) is 0 Å². The topological polar surface area (TPSA) is 70.2 Å². The van der Waals surface area contributed by atoms with E-state index in [1.54, 1.807) is 36.4 Å². The number of benzene rings is 2. The highest BCUT2D eigenvalue weighted by Gasteiger charge is 2.08. The highest BCUT2D eigenvalue weighted by molar-refractivity contribution is 6.33. The third-order valence-corrected chi connectivity index (χ3v) is 3.87. The molecule has 0 bridgehead atoms. The summed E-state index contributed by atoms with van der Waals surface area (Å²) < 4.78 is 0. The normalized spacial score (nSPS) is 10.2. The van der Waals surface area contributed by atoms with E-state index in [1.165, 1.54) is 0 Å². The zero-order valence-electron chi connectivity index (χ0n) is 14.1. The number of amides is 2. The molecule has 0 atom stereocenters. The molecule has 0 heterocycles. The van der Waals surface area contributed by atoms with Gasteiger partial charge in [-0.15, -0.1) is 0 Å². The van der Waals surface area contributed by atoms with Crippen molar-refractivity contribution >= 4 is 34.8 Å². The fourth-order valence-corrected chi connectivity index (χ4v) is 2.41. The molecular formula is C19H22ClN3O2. The lowest BCUT2D eigenvalue weighted by molar-refractivity contribution is -0.114. The van der Waals surface area contributed by atoms with Gasteiger partial charge in [-0.05, 0) is 36.8 Å². The molecule has 3 N–H and O–H groups in total. The second-order valence-corrected chi connectivity index (χ2v) is 5.98. The number of anilines is 2. The van der Waals surface area contributed by atoms with Gasteiger partial charge in [0.2, 0.25) is 5.91 Å². The Bertz CT molecular complexity index is 734. The molecule has 25 heavy (non-hydrogen) atoms. The third-order valence-electron chi connectivity index (χ3n) is 3.54. The maximum atomic E-state index is 12.1. The van der Waals surface area contributed by atoms with Gasteiger partial charge in [0, 0.05) is 17.8 Å². The Morgan fingerprint density at radius 1 is 1.08 bits per heavy atom. The van der Waals surface area contributed by atoms with Crippen molar-refractivity contribution in [3.63, 3.8) is 0 Å². The summed E-state index contributed by atoms with van der Waals surface area (Å²) in [4.78, 5) is 24.1. The van der Waals surface area contributed by atoms with E-state index in [9.17, 15) is 9.59 Å². The van der Waals surface area contributed by atoms with Crippen LogP contribution >= 0.6 is 11.6 Å². The zero-order valence-corrected chi connectivity index (χ0v) is 14.9. The minimum absolute atomic E-state index is 0.0800. The Balaban J connectivity index is 1.89. The first-order valence-electron chi connectivity index (χ1n) is 8.26. The van der Waals surface area contributed by atoms with E-state index in [0.29, 0.717) is 28.5 Å². The number of carbonyl (C=O) groups excluding carboxylic acids is 2. The van der Waals surface area contributed by atoms with Gasteiger partial charge in [-0.25, -0.2) is 0 Å². The number of hydrogen-bond donors (Lipinski definition) is 3. The highest BCUT2D eigenvalue weighted by Crippen LogP contribution is 2.20. The number of unbranched alkanes of at least 4 members (excludes halogenated alkanes) is 1. The molecule has 0 saturated carbocycles. The number of rotatable bonds is 8. The number of hydrogen-bond acceptors (Lipinski definition) is 3. The van der Waals surface area contributed by atoms with Crippen LogP contribution in [0.15, 0.2) is 48.5 Å². The SMILES string of the molecule is CCCCNC(=O)c1cccc(NC(=O)CNc2ccccc2Cl)c1. The molecule has 0 aliphatic heterocycles. The van der Waals surface area contributed by atoms with Crippen molar-refractivity contribution in [3.05, 3.63) is 59.1 Å². The molecule has 2 rings (SSSR count). The second-order valence-electron chi connectivity index (χ2n) is 5.57. The lowest BCUT2D eigenvalue weighted by Crippen LogP contribution is -2.25. The second kappa shape index (κ2) is 9.69. The van der Waals surface area contributed by atoms with Crippen molar-refractivity contribution in [1.82, 2.24) is 5.32 Å². The molecule has 0 fully saturated rings. The molecule has 132 valence electrons. The molecule has 2 aromatic carbocycles. The van der Waals surface area contributed by atoms with Crippen molar-refractivity contribution in [2.24, 2.45) is 0 Å². The minimum Gasteiger partial charge on any atom is -0.375 e. The van der Waals surface area contributed by atoms with Crippen LogP contribution in [0, 0.1) is 0 Å². The van der Waals surface area contributed by atoms with Crippen molar-refractivity contribution < 1.29 is 9.59 Å². The maximum absolute atomic E-state index is 12.1. The third kappa shape index (κ3) is 6.12. The molecule has 5 nitrogen and oxygen atoms in total. The Morgan fingerprint density at radius 2 is 1.88 bits per heavy atom. The van der Waals surface area contributed by atoms with E-state index in [1.807, 2.05) is 12.1 Å². The van der Waals surface area contributed by atoms with Crippen LogP contribution in [0.4, 0.5) is 11.4 Å². The molecular weight excluding hydrogens is 338 g/mol. The average molecular weight is 360 g/mol. The summed E-state index contributed by atoms with van der Waals surface area (Å²) in [6.45, 7) is 2.79. The molecule has 6 heteroatoms. The predicted octanol–water partition coefficient (Wildman–Crippen LogP) is 3.92. The number of halogens is 1. The first kappa shape index (κ1) is 18.8. The fourth-order valence-electron chi connectivity index (χ4n) is 2.20. The highest BCUT2D eigenvalue weighted by atomic mass is 35.5. The predicted molar refractivity (Wildman–Crippen MR) is 102 cm³/mol. The molecule has 0 unspecified atom stereocenters. The first-order valence-corrected chi connectivity index (χ1v) is 8.64. The molecule has 2 amide bonds. The van der Waals surface area contributed by atoms with Crippen LogP contribution in [-0.2, 0) is 4.79 Å². The maximum Gasteiger partial charge on any atom is 0.251 e. The van der Waals surface area contributed by atoms with Crippen LogP contribution in [0.5, 0.6) is 0 Å². The molecule has 0 aliphatic rings. The monoisotopic (exact) mass is 359 g/mol. The van der Waals surface area contributed by atoms with Gasteiger partial charge in [0.15, 0.2) is 0 Å². The van der Waals surface area contributed by atoms with Crippen LogP contribution in [0.3, 0.4) is 0 Å². The summed E-state index contributed by atoms with van der Waals surface area (Å²) in [6.07, 6.45) is 1.96. The Morgan fingerprint density at radius 3 is 2.64 bits per heavy atom. The summed E-state index contributed by atoms with van der Waals surface area (Å²) in [5.41, 5.74) is 1.80. The molecule has 2 aromatic rings. The van der Waals surface area contributed by atoms with E-state index in [4.69, 9.17) is 11.6 Å². The molecule has 0 aliphatic carbocycles. The molecule has 0 spiro atoms. The molecule has 0 radical (unpaired) electrons. The minimum atomic E-state index is -0.219. The van der Waals surface area contributed by atoms with Crippen LogP contribution in [0.2, 0.25) is 5.02 Å². The Hall–Kier alpha value is -2.53. The standard InChI is InChI=1S/C19H22ClN3O2/c1-2-3-11-21-19(25)14-7-6-8-15(12-14)23-18(24)13-22-17-10-5-4-9-16(17)20/h4-10,12,22H,2-3,11,13H2,1H3,(H,21,25)(H,23,24). The van der Waals surface area contributed by atoms with E-state index < -0.39 is 0 Å². The van der Waals surface area contributed by atoms with Gasteiger partial charge in [-0.2, -0.15) is 0 Å². The number of para-hydroxylation sites is 1. The van der Waals surface area contributed by atoms with Crippen molar-refractivity contribution in [1.29, 1.82) is 0 Å². The number of nitrogens with one attached hydrogen (secondary N) is 3. The van der Waals surface area contributed by atoms with E-state index >= 15 is 0 Å². The van der Waals surface area contributed by atoms with Crippen LogP contribution in [-0.4, -0.2) is 24.9 Å². The summed E-state index contributed by atoms with van der Waals surface area (Å²) in [5, 5.41) is 9.16. The first-order chi connectivity index (χ1) is 12.1. The lowest BCUT2D eigenvalue weighted by Gasteiger charge is -2.10. The van der Waals surface area contributed by atoms with Gasteiger partial charge in [0.25, 0.3) is 5.91 Å². The van der Waals surface area contributed by atoms with E-state index in [-0.39, 0.29) is 18.4 Å². The van der Waals surface area contributed by atoms with Crippen LogP contribution < -0.4 is 16.0 Å². The quantitative estimate of drug-likeness (QED) is 0.625. The number of carbonyl (C=O) groups is 2. The summed E-state index contributed by atoms with van der Waals surface area (Å²) in [5.74, 6) is -0.359. The largest absolute Gasteiger partial charge is 0.375 e. The van der Waals surface area contributed by atoms with Gasteiger partial charge < -0.3 is 16.0 Å². The van der Waals surface area contributed by atoms with Crippen molar-refractivity contribution in [3.8, 4) is 0 Å². The summed E-state index contributed by atoms with van der Waals surface area (Å²) >= 11 is 6.04. The van der Waals surface area contributed by atoms with Gasteiger partial charge in [-0.1, -0.05) is 43.1 Å². The molecule has 0 saturated heterocycles. The molecule has 0 aromatic heterocycles. The van der Waals surface area contributed by atoms with Gasteiger partial charge >= 0.3 is 0 Å². The summed E-state index contributed by atoms with van der Waals surface area (Å²) in [7, 11) is 0. The van der Waals surface area contributed by atoms with Crippen LogP contribution in [0.1, 0.15) is 30.1 Å². The smallest absolute Gasteiger partial charge is 0.251 e. The van der Waals surface area contributed by atoms with Crippen molar-refractivity contribution in [2.75, 3.05) is 23.7 Å². The summed E-state index contributed by atoms with van der Waals surface area (Å²) in [6, 6.07) is 14.1. The van der Waals surface area contributed by atoms with E-state index in [2.05, 4.69) is 22.9 Å². The fraction of sp³-hybridized carbons (Fsp3) is 0.263. The van der Waals surface area contributed by atoms with Gasteiger partial charge in [0.05, 0.1) is 17.3 Å². The average Bonchev–Trinajstić information content (AvgIpc) is 2.61. The van der Waals surface area contributed by atoms with Gasteiger partial charge in [0.1, 0.15) is 0 Å². The van der Waals surface area contributed by atoms with Crippen molar-refractivity contribution in [2.45, 2.75) is 19.8 Å². The van der Waals surface area contributed by atoms with E-state index in [0.717, 1.165) is 12.8 Å². The lowest BCUT2D eigenvalue weighted by atomic mass is 10.2.